The minimum absolute atomic E-state index is 0.297. The highest BCUT2D eigenvalue weighted by atomic mass is 35.5. The Hall–Kier alpha value is -1.61. The highest BCUT2D eigenvalue weighted by molar-refractivity contribution is 7.89. The molecule has 2 rings (SSSR count). The maximum Gasteiger partial charge on any atom is 0.330 e. The fraction of sp³-hybridized carbons (Fsp3) is 0.286. The molecule has 1 atom stereocenters. The maximum atomic E-state index is 12.5. The molecule has 24 heavy (non-hydrogen) atoms. The van der Waals surface area contributed by atoms with E-state index in [0.717, 1.165) is 15.3 Å². The van der Waals surface area contributed by atoms with E-state index in [4.69, 9.17) is 23.2 Å². The second-order valence-electron chi connectivity index (χ2n) is 5.26. The fourth-order valence-corrected chi connectivity index (χ4v) is 4.13. The monoisotopic (exact) mass is 391 g/mol. The number of halogens is 2. The Kier molecular flexibility index (Phi) is 5.24. The van der Waals surface area contributed by atoms with Gasteiger partial charge in [-0.3, -0.25) is 9.36 Å². The molecular weight excluding hydrogens is 377 g/mol. The third kappa shape index (κ3) is 3.56. The van der Waals surface area contributed by atoms with Crippen molar-refractivity contribution in [3.63, 3.8) is 0 Å². The van der Waals surface area contributed by atoms with E-state index in [-0.39, 0.29) is 0 Å². The van der Waals surface area contributed by atoms with Crippen LogP contribution < -0.4 is 16.0 Å². The third-order valence-corrected chi connectivity index (χ3v) is 5.55. The van der Waals surface area contributed by atoms with Crippen LogP contribution >= 0.6 is 23.2 Å². The molecule has 0 saturated carbocycles. The SMILES string of the molecule is C[C@H](NS(=O)(=O)c1cn(C)c(=O)n(C)c1=O)c1ccc(Cl)cc1Cl. The molecule has 1 aromatic carbocycles. The van der Waals surface area contributed by atoms with Gasteiger partial charge in [-0.1, -0.05) is 29.3 Å². The Morgan fingerprint density at radius 2 is 1.79 bits per heavy atom. The van der Waals surface area contributed by atoms with Crippen LogP contribution in [0.25, 0.3) is 0 Å². The van der Waals surface area contributed by atoms with Crippen molar-refractivity contribution in [3.05, 3.63) is 60.8 Å². The van der Waals surface area contributed by atoms with Crippen LogP contribution in [0.5, 0.6) is 0 Å². The highest BCUT2D eigenvalue weighted by Crippen LogP contribution is 2.26. The minimum Gasteiger partial charge on any atom is -0.302 e. The van der Waals surface area contributed by atoms with E-state index in [1.165, 1.54) is 20.2 Å². The summed E-state index contributed by atoms with van der Waals surface area (Å²) in [5, 5.41) is 0.719. The van der Waals surface area contributed by atoms with Crippen molar-refractivity contribution >= 4 is 33.2 Å². The van der Waals surface area contributed by atoms with Crippen LogP contribution in [-0.2, 0) is 24.1 Å². The Bertz CT molecular complexity index is 1010. The molecule has 0 aliphatic heterocycles. The number of aryl methyl sites for hydroxylation is 1. The van der Waals surface area contributed by atoms with Crippen molar-refractivity contribution in [2.75, 3.05) is 0 Å². The van der Waals surface area contributed by atoms with E-state index in [1.807, 2.05) is 0 Å². The molecule has 0 spiro atoms. The van der Waals surface area contributed by atoms with Crippen LogP contribution in [0, 0.1) is 0 Å². The second kappa shape index (κ2) is 6.72. The third-order valence-electron chi connectivity index (χ3n) is 3.47. The van der Waals surface area contributed by atoms with Crippen molar-refractivity contribution in [1.29, 1.82) is 0 Å². The zero-order chi connectivity index (χ0) is 18.2. The zero-order valence-corrected chi connectivity index (χ0v) is 15.4. The fourth-order valence-electron chi connectivity index (χ4n) is 2.17. The van der Waals surface area contributed by atoms with E-state index >= 15 is 0 Å². The van der Waals surface area contributed by atoms with Crippen molar-refractivity contribution in [2.45, 2.75) is 17.9 Å². The lowest BCUT2D eigenvalue weighted by Gasteiger charge is -2.16. The van der Waals surface area contributed by atoms with Crippen LogP contribution in [0.3, 0.4) is 0 Å². The first-order valence-electron chi connectivity index (χ1n) is 6.78. The van der Waals surface area contributed by atoms with Gasteiger partial charge in [0, 0.05) is 36.4 Å². The van der Waals surface area contributed by atoms with Gasteiger partial charge in [-0.2, -0.15) is 0 Å². The van der Waals surface area contributed by atoms with Crippen LogP contribution in [0.1, 0.15) is 18.5 Å². The van der Waals surface area contributed by atoms with Gasteiger partial charge in [0.1, 0.15) is 0 Å². The zero-order valence-electron chi connectivity index (χ0n) is 13.1. The number of nitrogens with one attached hydrogen (secondary N) is 1. The lowest BCUT2D eigenvalue weighted by atomic mass is 10.1. The van der Waals surface area contributed by atoms with Crippen molar-refractivity contribution in [3.8, 4) is 0 Å². The topological polar surface area (TPSA) is 90.2 Å². The molecule has 7 nitrogen and oxygen atoms in total. The molecular formula is C14H15Cl2N3O4S. The molecule has 1 aromatic heterocycles. The molecule has 0 fully saturated rings. The molecule has 1 N–H and O–H groups in total. The predicted octanol–water partition coefficient (Wildman–Crippen LogP) is 1.43. The molecule has 0 bridgehead atoms. The van der Waals surface area contributed by atoms with E-state index in [2.05, 4.69) is 4.72 Å². The van der Waals surface area contributed by atoms with Gasteiger partial charge in [-0.05, 0) is 24.6 Å². The average molecular weight is 392 g/mol. The van der Waals surface area contributed by atoms with Gasteiger partial charge < -0.3 is 4.57 Å². The van der Waals surface area contributed by atoms with E-state index < -0.39 is 32.2 Å². The van der Waals surface area contributed by atoms with Crippen LogP contribution in [0.15, 0.2) is 38.9 Å². The quantitative estimate of drug-likeness (QED) is 0.853. The number of aromatic nitrogens is 2. The van der Waals surface area contributed by atoms with Crippen LogP contribution in [0.4, 0.5) is 0 Å². The summed E-state index contributed by atoms with van der Waals surface area (Å²) in [5.41, 5.74) is -1.01. The van der Waals surface area contributed by atoms with Gasteiger partial charge in [0.2, 0.25) is 10.0 Å². The standard InChI is InChI=1S/C14H15Cl2N3O4S/c1-8(10-5-4-9(15)6-11(10)16)17-24(22,23)12-7-18(2)14(21)19(3)13(12)20/h4-8,17H,1-3H3/t8-/m0/s1. The van der Waals surface area contributed by atoms with Gasteiger partial charge in [-0.25, -0.2) is 17.9 Å². The molecule has 0 saturated heterocycles. The van der Waals surface area contributed by atoms with Gasteiger partial charge in [0.05, 0.1) is 0 Å². The number of rotatable bonds is 4. The average Bonchev–Trinajstić information content (AvgIpc) is 2.47. The molecule has 0 amide bonds. The molecule has 130 valence electrons. The number of sulfonamides is 1. The maximum absolute atomic E-state index is 12.5. The first-order valence-corrected chi connectivity index (χ1v) is 9.02. The van der Waals surface area contributed by atoms with E-state index in [0.29, 0.717) is 15.6 Å². The summed E-state index contributed by atoms with van der Waals surface area (Å²) in [6, 6.07) is 3.96. The summed E-state index contributed by atoms with van der Waals surface area (Å²) in [5.74, 6) is 0. The smallest absolute Gasteiger partial charge is 0.302 e. The molecule has 0 unspecified atom stereocenters. The predicted molar refractivity (Wildman–Crippen MR) is 92.1 cm³/mol. The van der Waals surface area contributed by atoms with Crippen molar-refractivity contribution in [2.24, 2.45) is 14.1 Å². The molecule has 0 aliphatic carbocycles. The Balaban J connectivity index is 2.46. The number of hydrogen-bond donors (Lipinski definition) is 1. The summed E-state index contributed by atoms with van der Waals surface area (Å²) in [4.78, 5) is 23.3. The van der Waals surface area contributed by atoms with Gasteiger partial charge in [0.25, 0.3) is 5.56 Å². The summed E-state index contributed by atoms with van der Waals surface area (Å²) in [6.45, 7) is 1.58. The summed E-state index contributed by atoms with van der Waals surface area (Å²) < 4.78 is 29.2. The number of benzene rings is 1. The molecule has 2 aromatic rings. The second-order valence-corrected chi connectivity index (χ2v) is 7.79. The van der Waals surface area contributed by atoms with E-state index in [9.17, 15) is 18.0 Å². The number of nitrogens with zero attached hydrogens (tertiary/aromatic N) is 2. The summed E-state index contributed by atoms with van der Waals surface area (Å²) in [7, 11) is -1.59. The van der Waals surface area contributed by atoms with Gasteiger partial charge >= 0.3 is 5.69 Å². The number of hydrogen-bond acceptors (Lipinski definition) is 4. The van der Waals surface area contributed by atoms with Gasteiger partial charge in [0.15, 0.2) is 4.90 Å². The molecule has 0 radical (unpaired) electrons. The first kappa shape index (κ1) is 18.7. The Morgan fingerprint density at radius 3 is 2.38 bits per heavy atom. The normalized spacial score (nSPS) is 13.0. The largest absolute Gasteiger partial charge is 0.330 e. The molecule has 0 aliphatic rings. The van der Waals surface area contributed by atoms with Crippen molar-refractivity contribution in [1.82, 2.24) is 13.9 Å². The van der Waals surface area contributed by atoms with Crippen LogP contribution in [-0.4, -0.2) is 17.6 Å². The van der Waals surface area contributed by atoms with E-state index in [1.54, 1.807) is 19.1 Å². The molecule has 1 heterocycles. The Labute approximate surface area is 148 Å². The summed E-state index contributed by atoms with van der Waals surface area (Å²) in [6.07, 6.45) is 0.989. The lowest BCUT2D eigenvalue weighted by molar-refractivity contribution is 0.557. The van der Waals surface area contributed by atoms with Crippen LogP contribution in [0.2, 0.25) is 10.0 Å². The van der Waals surface area contributed by atoms with Gasteiger partial charge in [-0.15, -0.1) is 0 Å². The minimum atomic E-state index is -4.16. The van der Waals surface area contributed by atoms with Crippen molar-refractivity contribution < 1.29 is 8.42 Å². The first-order chi connectivity index (χ1) is 11.0. The highest BCUT2D eigenvalue weighted by Gasteiger charge is 2.24. The Morgan fingerprint density at radius 1 is 1.17 bits per heavy atom. The molecule has 10 heteroatoms. The lowest BCUT2D eigenvalue weighted by Crippen LogP contribution is -2.41. The summed E-state index contributed by atoms with van der Waals surface area (Å²) >= 11 is 11.9.